The van der Waals surface area contributed by atoms with E-state index in [2.05, 4.69) is 0 Å². The van der Waals surface area contributed by atoms with Crippen molar-refractivity contribution in [2.24, 2.45) is 5.41 Å². The van der Waals surface area contributed by atoms with Gasteiger partial charge in [0, 0.05) is 22.1 Å². The molecule has 0 amide bonds. The maximum atomic E-state index is 14.0. The van der Waals surface area contributed by atoms with Crippen LogP contribution in [0.1, 0.15) is 53.1 Å². The number of allylic oxidation sites excluding steroid dienone is 1. The van der Waals surface area contributed by atoms with Gasteiger partial charge < -0.3 is 4.74 Å². The molecule has 0 radical (unpaired) electrons. The minimum atomic E-state index is -0.917. The van der Waals surface area contributed by atoms with Crippen molar-refractivity contribution in [2.45, 2.75) is 31.6 Å². The Labute approximate surface area is 196 Å². The van der Waals surface area contributed by atoms with Crippen LogP contribution in [0.5, 0.6) is 0 Å². The molecule has 5 heteroatoms. The van der Waals surface area contributed by atoms with Crippen LogP contribution >= 0.6 is 11.6 Å². The molecule has 0 N–H and O–H groups in total. The third-order valence-electron chi connectivity index (χ3n) is 6.77. The van der Waals surface area contributed by atoms with Gasteiger partial charge in [0.25, 0.3) is 0 Å². The van der Waals surface area contributed by atoms with Crippen molar-refractivity contribution in [2.75, 3.05) is 0 Å². The molecule has 166 valence electrons. The predicted molar refractivity (Wildman–Crippen MR) is 125 cm³/mol. The number of carbonyl (C=O) groups excluding carboxylic acids is 2. The van der Waals surface area contributed by atoms with Crippen LogP contribution in [0.3, 0.4) is 0 Å². The molecule has 0 aromatic heterocycles. The number of hydrogen-bond donors (Lipinski definition) is 0. The Hall–Kier alpha value is -3.24. The monoisotopic (exact) mass is 460 g/mol. The van der Waals surface area contributed by atoms with Crippen molar-refractivity contribution < 1.29 is 18.7 Å². The van der Waals surface area contributed by atoms with E-state index in [4.69, 9.17) is 16.3 Å². The number of ether oxygens (including phenoxy) is 1. The van der Waals surface area contributed by atoms with Crippen LogP contribution in [0.2, 0.25) is 5.02 Å². The molecule has 1 aliphatic heterocycles. The Morgan fingerprint density at radius 3 is 2.21 bits per heavy atom. The molecule has 1 heterocycles. The number of benzene rings is 3. The Morgan fingerprint density at radius 1 is 0.939 bits per heavy atom. The van der Waals surface area contributed by atoms with Gasteiger partial charge >= 0.3 is 5.97 Å². The lowest BCUT2D eigenvalue weighted by Crippen LogP contribution is -2.42. The van der Waals surface area contributed by atoms with Crippen LogP contribution in [0.15, 0.2) is 84.4 Å². The van der Waals surface area contributed by atoms with Crippen LogP contribution in [-0.2, 0) is 9.53 Å². The molecule has 1 saturated carbocycles. The Bertz CT molecular complexity index is 1240. The maximum absolute atomic E-state index is 14.0. The van der Waals surface area contributed by atoms with Crippen LogP contribution in [0.25, 0.3) is 5.76 Å². The molecule has 0 bridgehead atoms. The number of hydrogen-bond acceptors (Lipinski definition) is 3. The van der Waals surface area contributed by atoms with E-state index in [-0.39, 0.29) is 22.5 Å². The Balaban J connectivity index is 1.83. The summed E-state index contributed by atoms with van der Waals surface area (Å²) in [6.07, 6.45) is 2.85. The molecule has 33 heavy (non-hydrogen) atoms. The highest BCUT2D eigenvalue weighted by Gasteiger charge is 2.56. The van der Waals surface area contributed by atoms with Crippen molar-refractivity contribution in [1.82, 2.24) is 0 Å². The largest absolute Gasteiger partial charge is 0.425 e. The zero-order valence-electron chi connectivity index (χ0n) is 17.9. The number of ketones is 1. The summed E-state index contributed by atoms with van der Waals surface area (Å²) in [5.41, 5.74) is 1.18. The van der Waals surface area contributed by atoms with Gasteiger partial charge in [-0.1, -0.05) is 91.2 Å². The molecular formula is C28H22ClFO3. The maximum Gasteiger partial charge on any atom is 0.318 e. The lowest BCUT2D eigenvalue weighted by molar-refractivity contribution is -0.150. The standard InChI is InChI=1S/C28H22ClFO3/c29-22-17-20(30)13-14-21(22)24-23(25(31)18-9-3-1-4-10-18)26(19-11-5-2-6-12-19)33-27(32)28(24)15-7-8-16-28/h1-6,9-14,17,24H,7-8,15-16H2. The molecule has 3 aromatic carbocycles. The zero-order valence-corrected chi connectivity index (χ0v) is 18.6. The minimum Gasteiger partial charge on any atom is -0.425 e. The quantitative estimate of drug-likeness (QED) is 0.312. The third-order valence-corrected chi connectivity index (χ3v) is 7.10. The first-order chi connectivity index (χ1) is 16.0. The molecule has 3 nitrogen and oxygen atoms in total. The van der Waals surface area contributed by atoms with E-state index < -0.39 is 17.2 Å². The van der Waals surface area contributed by atoms with Crippen molar-refractivity contribution in [3.05, 3.63) is 112 Å². The summed E-state index contributed by atoms with van der Waals surface area (Å²) in [6.45, 7) is 0. The molecule has 1 fully saturated rings. The number of halogens is 2. The SMILES string of the molecule is O=C(C1=C(c2ccccc2)OC(=O)C2(CCCC2)C1c1ccc(F)cc1Cl)c1ccccc1. The molecule has 1 unspecified atom stereocenters. The first kappa shape index (κ1) is 21.6. The molecule has 1 atom stereocenters. The predicted octanol–water partition coefficient (Wildman–Crippen LogP) is 6.97. The van der Waals surface area contributed by atoms with Crippen molar-refractivity contribution >= 4 is 29.1 Å². The second-order valence-corrected chi connectivity index (χ2v) is 9.06. The summed E-state index contributed by atoms with van der Waals surface area (Å²) < 4.78 is 20.0. The highest BCUT2D eigenvalue weighted by atomic mass is 35.5. The Morgan fingerprint density at radius 2 is 1.58 bits per heavy atom. The summed E-state index contributed by atoms with van der Waals surface area (Å²) >= 11 is 6.56. The average Bonchev–Trinajstić information content (AvgIpc) is 3.32. The molecule has 1 spiro atoms. The van der Waals surface area contributed by atoms with Gasteiger partial charge in [-0.2, -0.15) is 0 Å². The lowest BCUT2D eigenvalue weighted by Gasteiger charge is -2.41. The van der Waals surface area contributed by atoms with E-state index in [9.17, 15) is 14.0 Å². The van der Waals surface area contributed by atoms with Gasteiger partial charge in [0.15, 0.2) is 5.78 Å². The second kappa shape index (κ2) is 8.60. The van der Waals surface area contributed by atoms with Crippen LogP contribution < -0.4 is 0 Å². The highest BCUT2D eigenvalue weighted by molar-refractivity contribution is 6.31. The van der Waals surface area contributed by atoms with Crippen LogP contribution in [0.4, 0.5) is 4.39 Å². The van der Waals surface area contributed by atoms with Crippen LogP contribution in [-0.4, -0.2) is 11.8 Å². The fraction of sp³-hybridized carbons (Fsp3) is 0.214. The number of rotatable bonds is 4. The van der Waals surface area contributed by atoms with Gasteiger partial charge in [0.1, 0.15) is 11.6 Å². The van der Waals surface area contributed by atoms with Crippen molar-refractivity contribution in [3.8, 4) is 0 Å². The lowest BCUT2D eigenvalue weighted by atomic mass is 9.64. The van der Waals surface area contributed by atoms with Gasteiger partial charge in [-0.05, 0) is 30.5 Å². The second-order valence-electron chi connectivity index (χ2n) is 8.66. The molecule has 1 aliphatic carbocycles. The number of carbonyl (C=O) groups is 2. The molecule has 3 aromatic rings. The Kier molecular flexibility index (Phi) is 5.63. The fourth-order valence-corrected chi connectivity index (χ4v) is 5.52. The molecule has 0 saturated heterocycles. The number of esters is 1. The van der Waals surface area contributed by atoms with E-state index >= 15 is 0 Å². The van der Waals surface area contributed by atoms with E-state index in [1.807, 2.05) is 36.4 Å². The first-order valence-electron chi connectivity index (χ1n) is 11.1. The van der Waals surface area contributed by atoms with Crippen molar-refractivity contribution in [1.29, 1.82) is 0 Å². The number of cyclic esters (lactones) is 1. The summed E-state index contributed by atoms with van der Waals surface area (Å²) in [4.78, 5) is 27.6. The smallest absolute Gasteiger partial charge is 0.318 e. The fourth-order valence-electron chi connectivity index (χ4n) is 5.25. The molecule has 2 aliphatic rings. The topological polar surface area (TPSA) is 43.4 Å². The minimum absolute atomic E-state index is 0.201. The van der Waals surface area contributed by atoms with Gasteiger partial charge in [0.2, 0.25) is 0 Å². The summed E-state index contributed by atoms with van der Waals surface area (Å²) in [7, 11) is 0. The molecular weight excluding hydrogens is 439 g/mol. The van der Waals surface area contributed by atoms with E-state index in [1.165, 1.54) is 12.1 Å². The molecule has 5 rings (SSSR count). The third kappa shape index (κ3) is 3.68. The first-order valence-corrected chi connectivity index (χ1v) is 11.5. The van der Waals surface area contributed by atoms with Gasteiger partial charge in [-0.3, -0.25) is 9.59 Å². The normalized spacial score (nSPS) is 19.6. The van der Waals surface area contributed by atoms with E-state index in [0.717, 1.165) is 12.8 Å². The van der Waals surface area contributed by atoms with Gasteiger partial charge in [0.05, 0.1) is 11.0 Å². The number of Topliss-reactive ketones (excluding diaryl/α,β-unsaturated/α-hetero) is 1. The summed E-state index contributed by atoms with van der Waals surface area (Å²) in [5, 5.41) is 0.201. The van der Waals surface area contributed by atoms with Crippen molar-refractivity contribution in [3.63, 3.8) is 0 Å². The van der Waals surface area contributed by atoms with Gasteiger partial charge in [-0.25, -0.2) is 4.39 Å². The van der Waals surface area contributed by atoms with Gasteiger partial charge in [-0.15, -0.1) is 0 Å². The highest BCUT2D eigenvalue weighted by Crippen LogP contribution is 2.58. The van der Waals surface area contributed by atoms with E-state index in [0.29, 0.717) is 35.1 Å². The summed E-state index contributed by atoms with van der Waals surface area (Å²) in [6, 6.07) is 22.3. The van der Waals surface area contributed by atoms with Crippen LogP contribution in [0, 0.1) is 11.2 Å². The van der Waals surface area contributed by atoms with E-state index in [1.54, 1.807) is 30.3 Å². The zero-order chi connectivity index (χ0) is 23.0. The average molecular weight is 461 g/mol. The summed E-state index contributed by atoms with van der Waals surface area (Å²) in [5.74, 6) is -1.44.